The smallest absolute Gasteiger partial charge is 0.134 e. The number of aromatic nitrogens is 2. The Bertz CT molecular complexity index is 433. The molecule has 2 atom stereocenters. The van der Waals surface area contributed by atoms with Gasteiger partial charge in [0.25, 0.3) is 0 Å². The van der Waals surface area contributed by atoms with Crippen molar-refractivity contribution in [3.63, 3.8) is 0 Å². The van der Waals surface area contributed by atoms with Crippen LogP contribution in [-0.2, 0) is 6.42 Å². The molecular formula is C17H30N4. The molecule has 1 heterocycles. The van der Waals surface area contributed by atoms with E-state index >= 15 is 0 Å². The first-order chi connectivity index (χ1) is 10.2. The summed E-state index contributed by atoms with van der Waals surface area (Å²) in [4.78, 5) is 8.91. The van der Waals surface area contributed by atoms with Gasteiger partial charge < -0.3 is 10.6 Å². The highest BCUT2D eigenvalue weighted by Gasteiger charge is 2.21. The van der Waals surface area contributed by atoms with E-state index in [4.69, 9.17) is 0 Å². The normalized spacial score (nSPS) is 21.5. The van der Waals surface area contributed by atoms with Gasteiger partial charge in [-0.1, -0.05) is 33.6 Å². The molecule has 2 rings (SSSR count). The maximum Gasteiger partial charge on any atom is 0.134 e. The van der Waals surface area contributed by atoms with E-state index < -0.39 is 0 Å². The number of anilines is 2. The average Bonchev–Trinajstić information content (AvgIpc) is 2.90. The molecule has 0 bridgehead atoms. The summed E-state index contributed by atoms with van der Waals surface area (Å²) < 4.78 is 0. The summed E-state index contributed by atoms with van der Waals surface area (Å²) in [5.41, 5.74) is 1.25. The standard InChI is InChI=1S/C17H30N4/c1-4-6-15-16(18-9-5-2)20-12-21-17(15)19-11-14-8-7-13(3)10-14/h12-14H,4-11H2,1-3H3,(H2,18,19,20,21). The van der Waals surface area contributed by atoms with Crippen LogP contribution in [0.5, 0.6) is 0 Å². The Morgan fingerprint density at radius 1 is 1.10 bits per heavy atom. The minimum absolute atomic E-state index is 0.802. The van der Waals surface area contributed by atoms with Crippen molar-refractivity contribution < 1.29 is 0 Å². The summed E-state index contributed by atoms with van der Waals surface area (Å²) in [6, 6.07) is 0. The molecule has 1 fully saturated rings. The molecule has 2 unspecified atom stereocenters. The van der Waals surface area contributed by atoms with E-state index in [1.807, 2.05) is 0 Å². The largest absolute Gasteiger partial charge is 0.370 e. The van der Waals surface area contributed by atoms with Gasteiger partial charge in [0, 0.05) is 18.7 Å². The first kappa shape index (κ1) is 16.1. The summed E-state index contributed by atoms with van der Waals surface area (Å²) in [7, 11) is 0. The summed E-state index contributed by atoms with van der Waals surface area (Å²) in [5.74, 6) is 3.73. The predicted molar refractivity (Wildman–Crippen MR) is 89.8 cm³/mol. The first-order valence-corrected chi connectivity index (χ1v) is 8.56. The van der Waals surface area contributed by atoms with E-state index in [1.54, 1.807) is 6.33 Å². The number of hydrogen-bond acceptors (Lipinski definition) is 4. The number of rotatable bonds is 8. The van der Waals surface area contributed by atoms with Crippen molar-refractivity contribution in [2.24, 2.45) is 11.8 Å². The molecule has 1 aliphatic rings. The number of nitrogens with one attached hydrogen (secondary N) is 2. The Morgan fingerprint density at radius 2 is 1.86 bits per heavy atom. The highest BCUT2D eigenvalue weighted by Crippen LogP contribution is 2.31. The SMILES string of the molecule is CCCNc1ncnc(NCC2CCC(C)C2)c1CCC. The highest BCUT2D eigenvalue weighted by molar-refractivity contribution is 5.57. The summed E-state index contributed by atoms with van der Waals surface area (Å²) >= 11 is 0. The van der Waals surface area contributed by atoms with Gasteiger partial charge in [0.05, 0.1) is 0 Å². The van der Waals surface area contributed by atoms with Gasteiger partial charge >= 0.3 is 0 Å². The van der Waals surface area contributed by atoms with Crippen molar-refractivity contribution in [1.29, 1.82) is 0 Å². The van der Waals surface area contributed by atoms with Gasteiger partial charge in [0.1, 0.15) is 18.0 Å². The third kappa shape index (κ3) is 4.58. The highest BCUT2D eigenvalue weighted by atomic mass is 15.1. The zero-order valence-electron chi connectivity index (χ0n) is 13.8. The van der Waals surface area contributed by atoms with Gasteiger partial charge in [0.2, 0.25) is 0 Å². The van der Waals surface area contributed by atoms with Crippen LogP contribution in [0.25, 0.3) is 0 Å². The van der Waals surface area contributed by atoms with Crippen molar-refractivity contribution in [3.8, 4) is 0 Å². The predicted octanol–water partition coefficient (Wildman–Crippen LogP) is 4.10. The van der Waals surface area contributed by atoms with Crippen LogP contribution in [0, 0.1) is 11.8 Å². The monoisotopic (exact) mass is 290 g/mol. The lowest BCUT2D eigenvalue weighted by atomic mass is 10.1. The minimum atomic E-state index is 0.802. The Balaban J connectivity index is 2.02. The molecule has 118 valence electrons. The molecule has 4 heteroatoms. The van der Waals surface area contributed by atoms with Gasteiger partial charge in [0.15, 0.2) is 0 Å². The fourth-order valence-corrected chi connectivity index (χ4v) is 3.20. The zero-order chi connectivity index (χ0) is 15.1. The van der Waals surface area contributed by atoms with Crippen LogP contribution in [0.15, 0.2) is 6.33 Å². The molecule has 2 N–H and O–H groups in total. The molecule has 1 aliphatic carbocycles. The molecule has 0 aromatic carbocycles. The van der Waals surface area contributed by atoms with Crippen molar-refractivity contribution >= 4 is 11.6 Å². The Labute approximate surface area is 129 Å². The van der Waals surface area contributed by atoms with Gasteiger partial charge in [-0.3, -0.25) is 0 Å². The maximum absolute atomic E-state index is 4.48. The van der Waals surface area contributed by atoms with E-state index in [0.717, 1.165) is 55.8 Å². The topological polar surface area (TPSA) is 49.8 Å². The van der Waals surface area contributed by atoms with Crippen LogP contribution >= 0.6 is 0 Å². The molecular weight excluding hydrogens is 260 g/mol. The van der Waals surface area contributed by atoms with E-state index in [9.17, 15) is 0 Å². The van der Waals surface area contributed by atoms with Gasteiger partial charge in [-0.2, -0.15) is 0 Å². The lowest BCUT2D eigenvalue weighted by molar-refractivity contribution is 0.536. The molecule has 1 aromatic rings. The summed E-state index contributed by atoms with van der Waals surface area (Å²) in [5, 5.41) is 7.02. The molecule has 0 spiro atoms. The molecule has 4 nitrogen and oxygen atoms in total. The molecule has 1 aromatic heterocycles. The Hall–Kier alpha value is -1.32. The maximum atomic E-state index is 4.48. The van der Waals surface area contributed by atoms with E-state index in [0.29, 0.717) is 0 Å². The molecule has 0 radical (unpaired) electrons. The molecule has 0 saturated heterocycles. The third-order valence-corrected chi connectivity index (χ3v) is 4.35. The average molecular weight is 290 g/mol. The second-order valence-electron chi connectivity index (χ2n) is 6.39. The summed E-state index contributed by atoms with van der Waals surface area (Å²) in [6.07, 6.45) is 9.00. The van der Waals surface area contributed by atoms with Crippen molar-refractivity contribution in [2.75, 3.05) is 23.7 Å². The van der Waals surface area contributed by atoms with Crippen LogP contribution in [-0.4, -0.2) is 23.1 Å². The van der Waals surface area contributed by atoms with Gasteiger partial charge in [-0.05, 0) is 37.5 Å². The van der Waals surface area contributed by atoms with Crippen molar-refractivity contribution in [2.45, 2.75) is 59.3 Å². The molecule has 0 aliphatic heterocycles. The van der Waals surface area contributed by atoms with Crippen molar-refractivity contribution in [3.05, 3.63) is 11.9 Å². The minimum Gasteiger partial charge on any atom is -0.370 e. The van der Waals surface area contributed by atoms with Crippen LogP contribution in [0.1, 0.15) is 58.4 Å². The quantitative estimate of drug-likeness (QED) is 0.757. The summed E-state index contributed by atoms with van der Waals surface area (Å²) in [6.45, 7) is 8.76. The van der Waals surface area contributed by atoms with E-state index in [-0.39, 0.29) is 0 Å². The first-order valence-electron chi connectivity index (χ1n) is 8.56. The van der Waals surface area contributed by atoms with Gasteiger partial charge in [-0.25, -0.2) is 9.97 Å². The fourth-order valence-electron chi connectivity index (χ4n) is 3.20. The second-order valence-corrected chi connectivity index (χ2v) is 6.39. The Morgan fingerprint density at radius 3 is 2.48 bits per heavy atom. The van der Waals surface area contributed by atoms with Crippen LogP contribution < -0.4 is 10.6 Å². The van der Waals surface area contributed by atoms with Crippen LogP contribution in [0.4, 0.5) is 11.6 Å². The van der Waals surface area contributed by atoms with E-state index in [2.05, 4.69) is 41.4 Å². The van der Waals surface area contributed by atoms with Crippen LogP contribution in [0.3, 0.4) is 0 Å². The second kappa shape index (κ2) is 8.20. The Kier molecular flexibility index (Phi) is 6.27. The van der Waals surface area contributed by atoms with E-state index in [1.165, 1.54) is 24.8 Å². The van der Waals surface area contributed by atoms with Crippen molar-refractivity contribution in [1.82, 2.24) is 9.97 Å². The van der Waals surface area contributed by atoms with Crippen LogP contribution in [0.2, 0.25) is 0 Å². The zero-order valence-corrected chi connectivity index (χ0v) is 13.8. The van der Waals surface area contributed by atoms with Gasteiger partial charge in [-0.15, -0.1) is 0 Å². The lowest BCUT2D eigenvalue weighted by Gasteiger charge is -2.17. The third-order valence-electron chi connectivity index (χ3n) is 4.35. The molecule has 21 heavy (non-hydrogen) atoms. The number of hydrogen-bond donors (Lipinski definition) is 2. The number of nitrogens with zero attached hydrogens (tertiary/aromatic N) is 2. The molecule has 0 amide bonds. The lowest BCUT2D eigenvalue weighted by Crippen LogP contribution is -2.15. The fraction of sp³-hybridized carbons (Fsp3) is 0.765. The molecule has 1 saturated carbocycles.